The normalized spacial score (nSPS) is 18.1. The van der Waals surface area contributed by atoms with Crippen LogP contribution in [0.1, 0.15) is 5.56 Å². The third kappa shape index (κ3) is 4.02. The SMILES string of the molecule is O=C1/C(=C\c2ccc(Cl)cc2Cl)C(N2CCOCC2)=NN1c1ccc([N+](=O)[O-])cc1. The smallest absolute Gasteiger partial charge is 0.282 e. The summed E-state index contributed by atoms with van der Waals surface area (Å²) < 4.78 is 5.40. The van der Waals surface area contributed by atoms with Crippen LogP contribution in [0.25, 0.3) is 6.08 Å². The van der Waals surface area contributed by atoms with Gasteiger partial charge in [0.05, 0.1) is 29.4 Å². The lowest BCUT2D eigenvalue weighted by Crippen LogP contribution is -2.41. The van der Waals surface area contributed by atoms with Gasteiger partial charge in [0.15, 0.2) is 5.84 Å². The van der Waals surface area contributed by atoms with Crippen LogP contribution in [0.15, 0.2) is 53.1 Å². The van der Waals surface area contributed by atoms with Gasteiger partial charge in [-0.2, -0.15) is 5.01 Å². The average molecular weight is 447 g/mol. The van der Waals surface area contributed by atoms with Crippen molar-refractivity contribution in [2.24, 2.45) is 5.10 Å². The molecule has 4 rings (SSSR count). The molecule has 30 heavy (non-hydrogen) atoms. The molecule has 2 aliphatic heterocycles. The predicted molar refractivity (Wildman–Crippen MR) is 115 cm³/mol. The second-order valence-corrected chi connectivity index (χ2v) is 7.48. The molecule has 0 atom stereocenters. The van der Waals surface area contributed by atoms with Crippen molar-refractivity contribution in [3.05, 3.63) is 73.8 Å². The van der Waals surface area contributed by atoms with Gasteiger partial charge in [-0.25, -0.2) is 0 Å². The number of amides is 1. The van der Waals surface area contributed by atoms with E-state index in [-0.39, 0.29) is 11.6 Å². The molecule has 154 valence electrons. The van der Waals surface area contributed by atoms with Crippen molar-refractivity contribution in [3.8, 4) is 0 Å². The molecular weight excluding hydrogens is 431 g/mol. The van der Waals surface area contributed by atoms with Crippen molar-refractivity contribution in [2.75, 3.05) is 31.3 Å². The van der Waals surface area contributed by atoms with Crippen molar-refractivity contribution in [3.63, 3.8) is 0 Å². The highest BCUT2D eigenvalue weighted by Gasteiger charge is 2.35. The van der Waals surface area contributed by atoms with Crippen LogP contribution in [0, 0.1) is 10.1 Å². The molecule has 8 nitrogen and oxygen atoms in total. The largest absolute Gasteiger partial charge is 0.378 e. The predicted octanol–water partition coefficient (Wildman–Crippen LogP) is 3.98. The molecule has 10 heteroatoms. The molecule has 0 unspecified atom stereocenters. The molecule has 0 saturated carbocycles. The maximum atomic E-state index is 13.2. The van der Waals surface area contributed by atoms with Gasteiger partial charge in [-0.05, 0) is 35.9 Å². The number of carbonyl (C=O) groups excluding carboxylic acids is 1. The van der Waals surface area contributed by atoms with Crippen LogP contribution in [0.4, 0.5) is 11.4 Å². The number of halogens is 2. The van der Waals surface area contributed by atoms with Crippen LogP contribution in [-0.2, 0) is 9.53 Å². The first kappa shape index (κ1) is 20.3. The second-order valence-electron chi connectivity index (χ2n) is 6.64. The molecule has 0 N–H and O–H groups in total. The van der Waals surface area contributed by atoms with E-state index < -0.39 is 4.92 Å². The molecule has 2 aromatic rings. The molecule has 0 aromatic heterocycles. The number of nitro benzene ring substituents is 1. The first-order chi connectivity index (χ1) is 14.4. The summed E-state index contributed by atoms with van der Waals surface area (Å²) in [5.41, 5.74) is 1.38. The Morgan fingerprint density at radius 3 is 2.43 bits per heavy atom. The Kier molecular flexibility index (Phi) is 5.72. The highest BCUT2D eigenvalue weighted by Crippen LogP contribution is 2.30. The summed E-state index contributed by atoms with van der Waals surface area (Å²) in [6.07, 6.45) is 1.68. The highest BCUT2D eigenvalue weighted by molar-refractivity contribution is 6.36. The molecule has 0 aliphatic carbocycles. The molecular formula is C20H16Cl2N4O4. The molecule has 1 saturated heterocycles. The molecule has 0 radical (unpaired) electrons. The van der Waals surface area contributed by atoms with E-state index in [0.717, 1.165) is 0 Å². The summed E-state index contributed by atoms with van der Waals surface area (Å²) in [6.45, 7) is 2.23. The van der Waals surface area contributed by atoms with Gasteiger partial charge in [0.1, 0.15) is 0 Å². The molecule has 2 heterocycles. The Morgan fingerprint density at radius 1 is 1.10 bits per heavy atom. The van der Waals surface area contributed by atoms with E-state index in [9.17, 15) is 14.9 Å². The first-order valence-electron chi connectivity index (χ1n) is 9.11. The molecule has 2 aromatic carbocycles. The fourth-order valence-corrected chi connectivity index (χ4v) is 3.67. The fourth-order valence-electron chi connectivity index (χ4n) is 3.20. The van der Waals surface area contributed by atoms with Crippen LogP contribution < -0.4 is 5.01 Å². The Hall–Kier alpha value is -2.94. The van der Waals surface area contributed by atoms with E-state index >= 15 is 0 Å². The summed E-state index contributed by atoms with van der Waals surface area (Å²) >= 11 is 12.3. The topological polar surface area (TPSA) is 88.3 Å². The summed E-state index contributed by atoms with van der Waals surface area (Å²) in [4.78, 5) is 25.6. The summed E-state index contributed by atoms with van der Waals surface area (Å²) in [5, 5.41) is 17.6. The minimum absolute atomic E-state index is 0.0634. The quantitative estimate of drug-likeness (QED) is 0.404. The molecule has 0 bridgehead atoms. The van der Waals surface area contributed by atoms with Crippen molar-refractivity contribution in [1.82, 2.24) is 4.90 Å². The number of morpholine rings is 1. The van der Waals surface area contributed by atoms with E-state index in [1.807, 2.05) is 4.90 Å². The van der Waals surface area contributed by atoms with Gasteiger partial charge in [-0.15, -0.1) is 5.10 Å². The third-order valence-electron chi connectivity index (χ3n) is 4.74. The number of hydrogen-bond acceptors (Lipinski definition) is 6. The average Bonchev–Trinajstić information content (AvgIpc) is 3.07. The number of hydrogen-bond donors (Lipinski definition) is 0. The van der Waals surface area contributed by atoms with Crippen molar-refractivity contribution >= 4 is 52.4 Å². The number of carbonyl (C=O) groups is 1. The number of benzene rings is 2. The van der Waals surface area contributed by atoms with Crippen molar-refractivity contribution in [2.45, 2.75) is 0 Å². The number of anilines is 1. The van der Waals surface area contributed by atoms with E-state index in [2.05, 4.69) is 5.10 Å². The summed E-state index contributed by atoms with van der Waals surface area (Å²) in [5.74, 6) is 0.157. The number of nitrogens with zero attached hydrogens (tertiary/aromatic N) is 4. The second kappa shape index (κ2) is 8.43. The lowest BCUT2D eigenvalue weighted by atomic mass is 10.1. The Balaban J connectivity index is 1.74. The number of nitro groups is 1. The van der Waals surface area contributed by atoms with Gasteiger partial charge in [-0.3, -0.25) is 14.9 Å². The van der Waals surface area contributed by atoms with E-state index in [1.165, 1.54) is 29.3 Å². The van der Waals surface area contributed by atoms with Gasteiger partial charge in [0.25, 0.3) is 11.6 Å². The van der Waals surface area contributed by atoms with Gasteiger partial charge >= 0.3 is 0 Å². The third-order valence-corrected chi connectivity index (χ3v) is 5.30. The minimum atomic E-state index is -0.494. The van der Waals surface area contributed by atoms with Crippen molar-refractivity contribution < 1.29 is 14.5 Å². The maximum Gasteiger partial charge on any atom is 0.282 e. The van der Waals surface area contributed by atoms with Crippen LogP contribution in [-0.4, -0.2) is 47.9 Å². The van der Waals surface area contributed by atoms with Crippen LogP contribution in [0.5, 0.6) is 0 Å². The Bertz CT molecular complexity index is 1060. The Morgan fingerprint density at radius 2 is 1.80 bits per heavy atom. The number of amidine groups is 1. The maximum absolute atomic E-state index is 13.2. The molecule has 1 fully saturated rings. The fraction of sp³-hybridized carbons (Fsp3) is 0.200. The summed E-state index contributed by atoms with van der Waals surface area (Å²) in [7, 11) is 0. The summed E-state index contributed by atoms with van der Waals surface area (Å²) in [6, 6.07) is 10.7. The van der Waals surface area contributed by atoms with Crippen LogP contribution in [0.2, 0.25) is 10.0 Å². The van der Waals surface area contributed by atoms with Gasteiger partial charge in [0, 0.05) is 35.3 Å². The van der Waals surface area contributed by atoms with E-state index in [1.54, 1.807) is 24.3 Å². The zero-order valence-corrected chi connectivity index (χ0v) is 17.1. The van der Waals surface area contributed by atoms with E-state index in [4.69, 9.17) is 27.9 Å². The minimum Gasteiger partial charge on any atom is -0.378 e. The molecule has 1 amide bonds. The highest BCUT2D eigenvalue weighted by atomic mass is 35.5. The first-order valence-corrected chi connectivity index (χ1v) is 9.87. The number of non-ortho nitro benzene ring substituents is 1. The van der Waals surface area contributed by atoms with Gasteiger partial charge < -0.3 is 9.64 Å². The number of rotatable bonds is 3. The molecule has 0 spiro atoms. The van der Waals surface area contributed by atoms with Crippen molar-refractivity contribution in [1.29, 1.82) is 0 Å². The zero-order chi connectivity index (χ0) is 21.3. The zero-order valence-electron chi connectivity index (χ0n) is 15.6. The van der Waals surface area contributed by atoms with Gasteiger partial charge in [0.2, 0.25) is 0 Å². The lowest BCUT2D eigenvalue weighted by Gasteiger charge is -2.28. The number of hydrazone groups is 1. The number of ether oxygens (including phenoxy) is 1. The van der Waals surface area contributed by atoms with Crippen LogP contribution in [0.3, 0.4) is 0 Å². The van der Waals surface area contributed by atoms with E-state index in [0.29, 0.717) is 59.0 Å². The standard InChI is InChI=1S/C20H16Cl2N4O4/c21-14-2-1-13(18(22)12-14)11-17-19(24-7-9-30-10-8-24)23-25(20(17)27)15-3-5-16(6-4-15)26(28)29/h1-6,11-12H,7-10H2/b17-11-. The monoisotopic (exact) mass is 446 g/mol. The Labute approximate surface area is 182 Å². The van der Waals surface area contributed by atoms with Gasteiger partial charge in [-0.1, -0.05) is 29.3 Å². The van der Waals surface area contributed by atoms with Crippen LogP contribution >= 0.6 is 23.2 Å². The lowest BCUT2D eigenvalue weighted by molar-refractivity contribution is -0.384. The molecule has 2 aliphatic rings.